The topological polar surface area (TPSA) is 108 Å². The van der Waals surface area contributed by atoms with Crippen LogP contribution in [0, 0.1) is 6.92 Å². The number of aromatic nitrogens is 1. The van der Waals surface area contributed by atoms with Crippen LogP contribution in [0.5, 0.6) is 0 Å². The maximum Gasteiger partial charge on any atom is 0.247 e. The van der Waals surface area contributed by atoms with Crippen molar-refractivity contribution in [2.24, 2.45) is 4.99 Å². The van der Waals surface area contributed by atoms with Crippen molar-refractivity contribution in [3.05, 3.63) is 46.6 Å². The van der Waals surface area contributed by atoms with Gasteiger partial charge in [0, 0.05) is 42.3 Å². The molecule has 37 heavy (non-hydrogen) atoms. The smallest absolute Gasteiger partial charge is 0.247 e. The van der Waals surface area contributed by atoms with Crippen LogP contribution < -0.4 is 5.32 Å². The van der Waals surface area contributed by atoms with E-state index in [1.165, 1.54) is 11.3 Å². The zero-order chi connectivity index (χ0) is 25.8. The summed E-state index contributed by atoms with van der Waals surface area (Å²) < 4.78 is 5.67. The molecule has 9 nitrogen and oxygen atoms in total. The highest BCUT2D eigenvalue weighted by Crippen LogP contribution is 2.24. The van der Waals surface area contributed by atoms with E-state index in [4.69, 9.17) is 9.41 Å². The minimum absolute atomic E-state index is 0.00326. The molecule has 5 rings (SSSR count). The number of hydrogen-bond donors (Lipinski definition) is 1. The Labute approximate surface area is 219 Å². The molecule has 3 aromatic rings. The lowest BCUT2D eigenvalue weighted by atomic mass is 10.1. The van der Waals surface area contributed by atoms with Crippen LogP contribution in [-0.2, 0) is 9.59 Å². The lowest BCUT2D eigenvalue weighted by Crippen LogP contribution is -2.45. The standard InChI is InChI=1S/C27H31N5O4S/c1-18-14-19-15-20(7-8-23(19)36-18)29-24(16-22(33)26-28-9-13-37-26)30-21-6-2-3-12-32(27(21)35)17-25(34)31-10-4-5-11-31/h7-9,13-15,21H,2-6,10-12,16-17H2,1H3,(H,29,30)/t21-/m0/s1. The molecule has 0 bridgehead atoms. The highest BCUT2D eigenvalue weighted by atomic mass is 32.1. The molecule has 194 valence electrons. The number of nitrogens with one attached hydrogen (secondary N) is 1. The van der Waals surface area contributed by atoms with E-state index >= 15 is 0 Å². The van der Waals surface area contributed by atoms with Gasteiger partial charge >= 0.3 is 0 Å². The normalized spacial score (nSPS) is 18.9. The Balaban J connectivity index is 1.38. The predicted octanol–water partition coefficient (Wildman–Crippen LogP) is 4.28. The van der Waals surface area contributed by atoms with Gasteiger partial charge in [-0.15, -0.1) is 11.3 Å². The molecule has 2 aliphatic rings. The molecule has 2 saturated heterocycles. The third kappa shape index (κ3) is 6.07. The van der Waals surface area contributed by atoms with Crippen LogP contribution in [0.3, 0.4) is 0 Å². The summed E-state index contributed by atoms with van der Waals surface area (Å²) in [6.45, 7) is 4.04. The number of hydrogen-bond acceptors (Lipinski definition) is 7. The number of nitrogens with zero attached hydrogens (tertiary/aromatic N) is 4. The molecule has 2 fully saturated rings. The number of amides is 2. The zero-order valence-electron chi connectivity index (χ0n) is 20.9. The third-order valence-corrected chi connectivity index (χ3v) is 7.59. The molecule has 2 aliphatic heterocycles. The Morgan fingerprint density at radius 2 is 1.97 bits per heavy atom. The third-order valence-electron chi connectivity index (χ3n) is 6.78. The Hall–Kier alpha value is -3.53. The number of fused-ring (bicyclic) bond motifs is 1. The lowest BCUT2D eigenvalue weighted by Gasteiger charge is -2.25. The molecular formula is C27H31N5O4S. The molecule has 0 unspecified atom stereocenters. The van der Waals surface area contributed by atoms with E-state index in [9.17, 15) is 14.4 Å². The summed E-state index contributed by atoms with van der Waals surface area (Å²) >= 11 is 1.28. The van der Waals surface area contributed by atoms with E-state index in [0.717, 1.165) is 61.2 Å². The summed E-state index contributed by atoms with van der Waals surface area (Å²) in [6, 6.07) is 6.96. The number of furan rings is 1. The molecule has 1 aromatic carbocycles. The highest BCUT2D eigenvalue weighted by molar-refractivity contribution is 7.11. The second kappa shape index (κ2) is 11.2. The van der Waals surface area contributed by atoms with Gasteiger partial charge < -0.3 is 19.5 Å². The Bertz CT molecular complexity index is 1310. The number of carbonyl (C=O) groups excluding carboxylic acids is 3. The van der Waals surface area contributed by atoms with Crippen molar-refractivity contribution in [2.75, 3.05) is 31.5 Å². The molecule has 4 heterocycles. The number of rotatable bonds is 7. The Kier molecular flexibility index (Phi) is 7.64. The average molecular weight is 522 g/mol. The zero-order valence-corrected chi connectivity index (χ0v) is 21.8. The van der Waals surface area contributed by atoms with Crippen molar-refractivity contribution in [3.63, 3.8) is 0 Å². The van der Waals surface area contributed by atoms with Gasteiger partial charge in [-0.2, -0.15) is 0 Å². The minimum Gasteiger partial charge on any atom is -0.461 e. The number of aryl methyl sites for hydroxylation is 1. The van der Waals surface area contributed by atoms with Crippen molar-refractivity contribution < 1.29 is 18.8 Å². The fraction of sp³-hybridized carbons (Fsp3) is 0.444. The fourth-order valence-electron chi connectivity index (χ4n) is 4.91. The van der Waals surface area contributed by atoms with E-state index in [2.05, 4.69) is 10.3 Å². The second-order valence-corrected chi connectivity index (χ2v) is 10.5. The van der Waals surface area contributed by atoms with Crippen LogP contribution >= 0.6 is 11.3 Å². The summed E-state index contributed by atoms with van der Waals surface area (Å²) in [6.07, 6.45) is 5.83. The van der Waals surface area contributed by atoms with Gasteiger partial charge in [0.1, 0.15) is 23.2 Å². The molecule has 0 aliphatic carbocycles. The summed E-state index contributed by atoms with van der Waals surface area (Å²) in [5.74, 6) is 0.894. The number of anilines is 1. The number of likely N-dealkylation sites (tertiary alicyclic amines) is 2. The summed E-state index contributed by atoms with van der Waals surface area (Å²) in [7, 11) is 0. The number of thiazole rings is 1. The van der Waals surface area contributed by atoms with Crippen LogP contribution in [0.4, 0.5) is 5.69 Å². The summed E-state index contributed by atoms with van der Waals surface area (Å²) in [4.78, 5) is 51.6. The van der Waals surface area contributed by atoms with Gasteiger partial charge in [-0.3, -0.25) is 19.4 Å². The number of ketones is 1. The number of Topliss-reactive ketones (excluding diaryl/α,β-unsaturated/α-hetero) is 1. The first-order valence-electron chi connectivity index (χ1n) is 12.8. The molecule has 0 spiro atoms. The lowest BCUT2D eigenvalue weighted by molar-refractivity contribution is -0.140. The Morgan fingerprint density at radius 1 is 1.16 bits per heavy atom. The van der Waals surface area contributed by atoms with Crippen molar-refractivity contribution in [2.45, 2.75) is 51.5 Å². The predicted molar refractivity (Wildman–Crippen MR) is 143 cm³/mol. The average Bonchev–Trinajstić information content (AvgIpc) is 3.64. The largest absolute Gasteiger partial charge is 0.461 e. The molecule has 2 aromatic heterocycles. The second-order valence-electron chi connectivity index (χ2n) is 9.61. The molecular weight excluding hydrogens is 490 g/mol. The number of aliphatic imine (C=N–C) groups is 1. The van der Waals surface area contributed by atoms with Gasteiger partial charge in [0.15, 0.2) is 10.8 Å². The fourth-order valence-corrected chi connectivity index (χ4v) is 5.49. The molecule has 10 heteroatoms. The quantitative estimate of drug-likeness (QED) is 0.282. The first-order chi connectivity index (χ1) is 18.0. The monoisotopic (exact) mass is 521 g/mol. The van der Waals surface area contributed by atoms with E-state index in [-0.39, 0.29) is 30.6 Å². The van der Waals surface area contributed by atoms with Crippen LogP contribution in [0.15, 0.2) is 45.3 Å². The highest BCUT2D eigenvalue weighted by Gasteiger charge is 2.30. The maximum atomic E-state index is 13.5. The van der Waals surface area contributed by atoms with Crippen molar-refractivity contribution in [3.8, 4) is 0 Å². The van der Waals surface area contributed by atoms with Gasteiger partial charge in [-0.25, -0.2) is 4.98 Å². The SMILES string of the molecule is Cc1cc2cc(NC(CC(=O)c3nccs3)=N[C@H]3CCCCN(CC(=O)N4CCCC4)C3=O)ccc2o1. The summed E-state index contributed by atoms with van der Waals surface area (Å²) in [5.41, 5.74) is 1.53. The number of carbonyl (C=O) groups is 3. The van der Waals surface area contributed by atoms with Crippen LogP contribution in [-0.4, -0.2) is 70.4 Å². The van der Waals surface area contributed by atoms with Gasteiger partial charge in [0.2, 0.25) is 11.8 Å². The molecule has 1 atom stereocenters. The number of amidine groups is 1. The minimum atomic E-state index is -0.652. The summed E-state index contributed by atoms with van der Waals surface area (Å²) in [5, 5.41) is 6.38. The van der Waals surface area contributed by atoms with Crippen molar-refractivity contribution in [1.29, 1.82) is 0 Å². The van der Waals surface area contributed by atoms with Gasteiger partial charge in [0.25, 0.3) is 0 Å². The Morgan fingerprint density at radius 3 is 2.76 bits per heavy atom. The number of benzene rings is 1. The van der Waals surface area contributed by atoms with E-state index < -0.39 is 6.04 Å². The van der Waals surface area contributed by atoms with Crippen LogP contribution in [0.25, 0.3) is 11.0 Å². The molecule has 0 saturated carbocycles. The molecule has 2 amide bonds. The van der Waals surface area contributed by atoms with E-state index in [1.807, 2.05) is 36.1 Å². The van der Waals surface area contributed by atoms with Crippen LogP contribution in [0.1, 0.15) is 54.1 Å². The van der Waals surface area contributed by atoms with Crippen LogP contribution in [0.2, 0.25) is 0 Å². The van der Waals surface area contributed by atoms with Crippen molar-refractivity contribution in [1.82, 2.24) is 14.8 Å². The van der Waals surface area contributed by atoms with Gasteiger partial charge in [0.05, 0.1) is 13.0 Å². The van der Waals surface area contributed by atoms with Gasteiger partial charge in [-0.1, -0.05) is 0 Å². The van der Waals surface area contributed by atoms with Crippen molar-refractivity contribution >= 4 is 51.4 Å². The molecule has 1 N–H and O–H groups in total. The first-order valence-corrected chi connectivity index (χ1v) is 13.7. The first kappa shape index (κ1) is 25.1. The van der Waals surface area contributed by atoms with Gasteiger partial charge in [-0.05, 0) is 63.3 Å². The maximum absolute atomic E-state index is 13.5. The van der Waals surface area contributed by atoms with E-state index in [1.54, 1.807) is 16.5 Å². The molecule has 0 radical (unpaired) electrons. The van der Waals surface area contributed by atoms with E-state index in [0.29, 0.717) is 23.8 Å².